The average molecular weight is 328 g/mol. The molecule has 5 heteroatoms. The number of amides is 2. The van der Waals surface area contributed by atoms with E-state index in [1.807, 2.05) is 23.1 Å². The Labute approximate surface area is 142 Å². The summed E-state index contributed by atoms with van der Waals surface area (Å²) in [5.41, 5.74) is 1.03. The third-order valence-corrected chi connectivity index (χ3v) is 5.89. The number of hydrogen-bond acceptors (Lipinski definition) is 3. The predicted molar refractivity (Wildman–Crippen MR) is 89.4 cm³/mol. The fraction of sp³-hybridized carbons (Fsp3) is 0.579. The van der Waals surface area contributed by atoms with Crippen LogP contribution in [-0.4, -0.2) is 48.6 Å². The van der Waals surface area contributed by atoms with Gasteiger partial charge in [0.15, 0.2) is 0 Å². The molecule has 24 heavy (non-hydrogen) atoms. The molecule has 3 aliphatic rings. The van der Waals surface area contributed by atoms with Crippen molar-refractivity contribution in [3.8, 4) is 0 Å². The molecule has 3 aliphatic heterocycles. The molecule has 0 aromatic heterocycles. The lowest BCUT2D eigenvalue weighted by atomic mass is 9.74. The summed E-state index contributed by atoms with van der Waals surface area (Å²) in [7, 11) is 0. The van der Waals surface area contributed by atoms with Crippen molar-refractivity contribution in [1.82, 2.24) is 10.2 Å². The average Bonchev–Trinajstić information content (AvgIpc) is 3.24. The fourth-order valence-corrected chi connectivity index (χ4v) is 4.51. The summed E-state index contributed by atoms with van der Waals surface area (Å²) in [6.45, 7) is 2.70. The molecule has 1 spiro atoms. The van der Waals surface area contributed by atoms with Crippen molar-refractivity contribution in [3.05, 3.63) is 35.9 Å². The molecule has 2 amide bonds. The van der Waals surface area contributed by atoms with Crippen LogP contribution in [0.2, 0.25) is 0 Å². The van der Waals surface area contributed by atoms with Crippen LogP contribution < -0.4 is 5.32 Å². The van der Waals surface area contributed by atoms with Crippen LogP contribution in [0, 0.1) is 5.92 Å². The van der Waals surface area contributed by atoms with Crippen LogP contribution in [0.4, 0.5) is 0 Å². The smallest absolute Gasteiger partial charge is 0.228 e. The summed E-state index contributed by atoms with van der Waals surface area (Å²) in [6, 6.07) is 10.3. The second kappa shape index (κ2) is 6.20. The standard InChI is InChI=1S/C19H24N2O3/c22-17-12-16(14-4-2-1-3-5-14)19(20-17)7-9-21(10-8-19)18(23)15-6-11-24-13-15/h1-5,15-16H,6-13H2,(H,20,22). The van der Waals surface area contributed by atoms with E-state index in [9.17, 15) is 9.59 Å². The Bertz CT molecular complexity index is 617. The molecule has 0 radical (unpaired) electrons. The van der Waals surface area contributed by atoms with E-state index in [0.717, 1.165) is 32.4 Å². The van der Waals surface area contributed by atoms with Gasteiger partial charge in [-0.3, -0.25) is 9.59 Å². The van der Waals surface area contributed by atoms with Crippen LogP contribution in [0.3, 0.4) is 0 Å². The maximum atomic E-state index is 12.6. The molecule has 2 atom stereocenters. The van der Waals surface area contributed by atoms with Gasteiger partial charge in [0, 0.05) is 32.0 Å². The number of likely N-dealkylation sites (tertiary alicyclic amines) is 1. The lowest BCUT2D eigenvalue weighted by Crippen LogP contribution is -2.55. The van der Waals surface area contributed by atoms with Crippen LogP contribution in [0.1, 0.15) is 37.2 Å². The Morgan fingerprint density at radius 3 is 2.62 bits per heavy atom. The normalized spacial score (nSPS) is 29.0. The monoisotopic (exact) mass is 328 g/mol. The van der Waals surface area contributed by atoms with Gasteiger partial charge >= 0.3 is 0 Å². The molecule has 128 valence electrons. The first kappa shape index (κ1) is 15.6. The minimum atomic E-state index is -0.193. The van der Waals surface area contributed by atoms with Crippen molar-refractivity contribution >= 4 is 11.8 Å². The zero-order valence-electron chi connectivity index (χ0n) is 13.9. The lowest BCUT2D eigenvalue weighted by Gasteiger charge is -2.43. The quantitative estimate of drug-likeness (QED) is 0.899. The van der Waals surface area contributed by atoms with Crippen molar-refractivity contribution in [3.63, 3.8) is 0 Å². The minimum Gasteiger partial charge on any atom is -0.381 e. The van der Waals surface area contributed by atoms with Gasteiger partial charge in [0.25, 0.3) is 0 Å². The SMILES string of the molecule is O=C1CC(c2ccccc2)C2(CCN(C(=O)C3CCOC3)CC2)N1. The van der Waals surface area contributed by atoms with Crippen LogP contribution in [0.15, 0.2) is 30.3 Å². The second-order valence-corrected chi connectivity index (χ2v) is 7.26. The topological polar surface area (TPSA) is 58.6 Å². The van der Waals surface area contributed by atoms with E-state index in [4.69, 9.17) is 4.74 Å². The van der Waals surface area contributed by atoms with Crippen LogP contribution >= 0.6 is 0 Å². The molecule has 3 fully saturated rings. The molecule has 5 nitrogen and oxygen atoms in total. The van der Waals surface area contributed by atoms with Crippen molar-refractivity contribution in [1.29, 1.82) is 0 Å². The Morgan fingerprint density at radius 2 is 1.96 bits per heavy atom. The maximum absolute atomic E-state index is 12.6. The summed E-state index contributed by atoms with van der Waals surface area (Å²) < 4.78 is 5.35. The van der Waals surface area contributed by atoms with Crippen molar-refractivity contribution in [2.24, 2.45) is 5.92 Å². The molecule has 1 aromatic carbocycles. The molecule has 4 rings (SSSR count). The van der Waals surface area contributed by atoms with E-state index in [-0.39, 0.29) is 29.2 Å². The Morgan fingerprint density at radius 1 is 1.21 bits per heavy atom. The molecule has 1 aromatic rings. The van der Waals surface area contributed by atoms with Crippen LogP contribution in [0.5, 0.6) is 0 Å². The first-order valence-electron chi connectivity index (χ1n) is 8.90. The van der Waals surface area contributed by atoms with E-state index < -0.39 is 0 Å². The summed E-state index contributed by atoms with van der Waals surface area (Å²) in [4.78, 5) is 26.7. The van der Waals surface area contributed by atoms with E-state index in [2.05, 4.69) is 17.4 Å². The highest BCUT2D eigenvalue weighted by molar-refractivity contribution is 5.82. The van der Waals surface area contributed by atoms with Crippen LogP contribution in [-0.2, 0) is 14.3 Å². The number of rotatable bonds is 2. The lowest BCUT2D eigenvalue weighted by molar-refractivity contribution is -0.137. The third-order valence-electron chi connectivity index (χ3n) is 5.89. The fourth-order valence-electron chi connectivity index (χ4n) is 4.51. The number of carbonyl (C=O) groups excluding carboxylic acids is 2. The Balaban J connectivity index is 1.48. The highest BCUT2D eigenvalue weighted by atomic mass is 16.5. The molecule has 2 unspecified atom stereocenters. The van der Waals surface area contributed by atoms with Gasteiger partial charge < -0.3 is 15.0 Å². The summed E-state index contributed by atoms with van der Waals surface area (Å²) in [5.74, 6) is 0.594. The number of piperidine rings is 1. The van der Waals surface area contributed by atoms with Crippen LogP contribution in [0.25, 0.3) is 0 Å². The van der Waals surface area contributed by atoms with Crippen molar-refractivity contribution in [2.75, 3.05) is 26.3 Å². The number of hydrogen-bond donors (Lipinski definition) is 1. The van der Waals surface area contributed by atoms with Gasteiger partial charge in [-0.05, 0) is 24.8 Å². The third kappa shape index (κ3) is 2.71. The van der Waals surface area contributed by atoms with Gasteiger partial charge in [-0.2, -0.15) is 0 Å². The van der Waals surface area contributed by atoms with E-state index >= 15 is 0 Å². The first-order chi connectivity index (χ1) is 11.7. The predicted octanol–water partition coefficient (Wildman–Crippen LogP) is 1.69. The summed E-state index contributed by atoms with van der Waals surface area (Å²) >= 11 is 0. The molecule has 0 bridgehead atoms. The number of ether oxygens (including phenoxy) is 1. The van der Waals surface area contributed by atoms with Crippen molar-refractivity contribution in [2.45, 2.75) is 37.1 Å². The zero-order valence-corrected chi connectivity index (χ0v) is 13.9. The Kier molecular flexibility index (Phi) is 4.04. The van der Waals surface area contributed by atoms with Gasteiger partial charge in [0.2, 0.25) is 11.8 Å². The molecule has 3 heterocycles. The van der Waals surface area contributed by atoms with Crippen molar-refractivity contribution < 1.29 is 14.3 Å². The van der Waals surface area contributed by atoms with Gasteiger partial charge in [0.1, 0.15) is 0 Å². The number of nitrogens with one attached hydrogen (secondary N) is 1. The van der Waals surface area contributed by atoms with E-state index in [0.29, 0.717) is 19.6 Å². The number of benzene rings is 1. The van der Waals surface area contributed by atoms with Gasteiger partial charge in [0.05, 0.1) is 18.1 Å². The minimum absolute atomic E-state index is 0.0298. The first-order valence-corrected chi connectivity index (χ1v) is 8.90. The molecule has 1 N–H and O–H groups in total. The second-order valence-electron chi connectivity index (χ2n) is 7.26. The molecule has 0 aliphatic carbocycles. The zero-order chi connectivity index (χ0) is 16.6. The molecular formula is C19H24N2O3. The highest BCUT2D eigenvalue weighted by Crippen LogP contribution is 2.43. The Hall–Kier alpha value is -1.88. The van der Waals surface area contributed by atoms with Gasteiger partial charge in [-0.15, -0.1) is 0 Å². The molecule has 3 saturated heterocycles. The maximum Gasteiger partial charge on any atom is 0.228 e. The van der Waals surface area contributed by atoms with Gasteiger partial charge in [-0.25, -0.2) is 0 Å². The van der Waals surface area contributed by atoms with E-state index in [1.54, 1.807) is 0 Å². The largest absolute Gasteiger partial charge is 0.381 e. The number of nitrogens with zero attached hydrogens (tertiary/aromatic N) is 1. The molecule has 0 saturated carbocycles. The summed E-state index contributed by atoms with van der Waals surface area (Å²) in [5, 5.41) is 3.25. The summed E-state index contributed by atoms with van der Waals surface area (Å²) in [6.07, 6.45) is 3.05. The highest BCUT2D eigenvalue weighted by Gasteiger charge is 2.49. The van der Waals surface area contributed by atoms with Gasteiger partial charge in [-0.1, -0.05) is 30.3 Å². The number of carbonyl (C=O) groups is 2. The molecular weight excluding hydrogens is 304 g/mol. The van der Waals surface area contributed by atoms with E-state index in [1.165, 1.54) is 5.56 Å².